The van der Waals surface area contributed by atoms with Crippen molar-refractivity contribution in [3.8, 4) is 0 Å². The molecule has 0 spiro atoms. The number of hydrogen-bond donors (Lipinski definition) is 0. The molecule has 0 saturated heterocycles. The number of allylic oxidation sites excluding steroid dienone is 2. The number of carbonyl (C=O) groups is 1. The second kappa shape index (κ2) is 5.11. The van der Waals surface area contributed by atoms with Gasteiger partial charge < -0.3 is 0 Å². The number of Topliss-reactive ketones (excluding diaryl/α,β-unsaturated/α-hetero) is 1. The van der Waals surface area contributed by atoms with E-state index in [1.54, 1.807) is 6.92 Å². The molecule has 1 atom stereocenters. The van der Waals surface area contributed by atoms with Crippen LogP contribution in [0.3, 0.4) is 0 Å². The zero-order chi connectivity index (χ0) is 8.85. The van der Waals surface area contributed by atoms with E-state index in [0.29, 0.717) is 5.92 Å². The van der Waals surface area contributed by atoms with E-state index in [4.69, 9.17) is 0 Å². The fourth-order valence-electron chi connectivity index (χ4n) is 1.08. The monoisotopic (exact) mass is 154 g/mol. The molecule has 0 rings (SSSR count). The van der Waals surface area contributed by atoms with Crippen LogP contribution in [0.2, 0.25) is 0 Å². The second-order valence-corrected chi connectivity index (χ2v) is 3.17. The summed E-state index contributed by atoms with van der Waals surface area (Å²) in [5, 5.41) is 0. The number of hydrogen-bond acceptors (Lipinski definition) is 1. The topological polar surface area (TPSA) is 17.1 Å². The molecule has 0 radical (unpaired) electrons. The van der Waals surface area contributed by atoms with Crippen LogP contribution in [0.1, 0.15) is 40.5 Å². The largest absolute Gasteiger partial charge is 0.295 e. The Morgan fingerprint density at radius 3 is 2.36 bits per heavy atom. The molecule has 0 aliphatic rings. The maximum atomic E-state index is 10.8. The zero-order valence-corrected chi connectivity index (χ0v) is 7.98. The van der Waals surface area contributed by atoms with Gasteiger partial charge in [0, 0.05) is 0 Å². The summed E-state index contributed by atoms with van der Waals surface area (Å²) >= 11 is 0. The minimum Gasteiger partial charge on any atom is -0.295 e. The maximum absolute atomic E-state index is 10.8. The molecule has 0 aromatic carbocycles. The first kappa shape index (κ1) is 10.4. The predicted octanol–water partition coefficient (Wildman–Crippen LogP) is 2.96. The molecule has 1 nitrogen and oxygen atoms in total. The van der Waals surface area contributed by atoms with Gasteiger partial charge in [0.1, 0.15) is 0 Å². The lowest BCUT2D eigenvalue weighted by Gasteiger charge is -2.04. The minimum atomic E-state index is 0.188. The van der Waals surface area contributed by atoms with Crippen LogP contribution >= 0.6 is 0 Å². The summed E-state index contributed by atoms with van der Waals surface area (Å²) in [6, 6.07) is 0. The van der Waals surface area contributed by atoms with E-state index in [1.807, 2.05) is 6.92 Å². The maximum Gasteiger partial charge on any atom is 0.155 e. The lowest BCUT2D eigenvalue weighted by molar-refractivity contribution is -0.113. The quantitative estimate of drug-likeness (QED) is 0.569. The third-order valence-corrected chi connectivity index (χ3v) is 1.83. The highest BCUT2D eigenvalue weighted by Crippen LogP contribution is 2.09. The smallest absolute Gasteiger partial charge is 0.155 e. The van der Waals surface area contributed by atoms with Crippen molar-refractivity contribution in [1.82, 2.24) is 0 Å². The van der Waals surface area contributed by atoms with Gasteiger partial charge in [-0.2, -0.15) is 0 Å². The van der Waals surface area contributed by atoms with Crippen LogP contribution in [0, 0.1) is 5.92 Å². The van der Waals surface area contributed by atoms with E-state index < -0.39 is 0 Å². The van der Waals surface area contributed by atoms with E-state index in [-0.39, 0.29) is 5.78 Å². The van der Waals surface area contributed by atoms with Gasteiger partial charge in [0.05, 0.1) is 0 Å². The van der Waals surface area contributed by atoms with Crippen molar-refractivity contribution in [3.05, 3.63) is 11.6 Å². The molecule has 0 aliphatic carbocycles. The predicted molar refractivity (Wildman–Crippen MR) is 48.5 cm³/mol. The van der Waals surface area contributed by atoms with E-state index in [1.165, 1.54) is 12.8 Å². The summed E-state index contributed by atoms with van der Waals surface area (Å²) in [4.78, 5) is 10.8. The van der Waals surface area contributed by atoms with E-state index >= 15 is 0 Å². The van der Waals surface area contributed by atoms with Crippen molar-refractivity contribution >= 4 is 5.78 Å². The third kappa shape index (κ3) is 4.77. The van der Waals surface area contributed by atoms with E-state index in [2.05, 4.69) is 19.9 Å². The van der Waals surface area contributed by atoms with Crippen LogP contribution in [-0.4, -0.2) is 5.78 Å². The molecule has 0 bridgehead atoms. The molecule has 64 valence electrons. The van der Waals surface area contributed by atoms with Crippen LogP contribution in [0.15, 0.2) is 11.6 Å². The molecular formula is C10H18O. The van der Waals surface area contributed by atoms with Crippen LogP contribution in [0.5, 0.6) is 0 Å². The molecular weight excluding hydrogens is 136 g/mol. The Kier molecular flexibility index (Phi) is 4.84. The Hall–Kier alpha value is -0.590. The Morgan fingerprint density at radius 1 is 1.45 bits per heavy atom. The van der Waals surface area contributed by atoms with Crippen molar-refractivity contribution in [1.29, 1.82) is 0 Å². The van der Waals surface area contributed by atoms with E-state index in [0.717, 1.165) is 5.57 Å². The fraction of sp³-hybridized carbons (Fsp3) is 0.700. The minimum absolute atomic E-state index is 0.188. The Balaban J connectivity index is 3.96. The Labute approximate surface area is 69.5 Å². The van der Waals surface area contributed by atoms with Crippen LogP contribution in [0.25, 0.3) is 0 Å². The summed E-state index contributed by atoms with van der Waals surface area (Å²) in [5.41, 5.74) is 0.894. The van der Waals surface area contributed by atoms with Crippen molar-refractivity contribution in [3.63, 3.8) is 0 Å². The number of rotatable bonds is 4. The molecule has 0 saturated carbocycles. The molecule has 1 unspecified atom stereocenters. The van der Waals surface area contributed by atoms with Crippen molar-refractivity contribution in [2.75, 3.05) is 0 Å². The SMILES string of the molecule is CCCC(C)/C=C(\C)C(C)=O. The second-order valence-electron chi connectivity index (χ2n) is 3.17. The van der Waals surface area contributed by atoms with Crippen LogP contribution < -0.4 is 0 Å². The van der Waals surface area contributed by atoms with Crippen LogP contribution in [0.4, 0.5) is 0 Å². The standard InChI is InChI=1S/C10H18O/c1-5-6-8(2)7-9(3)10(4)11/h7-8H,5-6H2,1-4H3/b9-7+. The summed E-state index contributed by atoms with van der Waals surface area (Å²) < 4.78 is 0. The lowest BCUT2D eigenvalue weighted by Crippen LogP contribution is -1.96. The molecule has 0 amide bonds. The molecule has 0 aromatic rings. The average Bonchev–Trinajstić information content (AvgIpc) is 1.87. The Morgan fingerprint density at radius 2 is 2.00 bits per heavy atom. The van der Waals surface area contributed by atoms with Gasteiger partial charge in [-0.05, 0) is 31.8 Å². The third-order valence-electron chi connectivity index (χ3n) is 1.83. The van der Waals surface area contributed by atoms with Crippen molar-refractivity contribution in [2.45, 2.75) is 40.5 Å². The van der Waals surface area contributed by atoms with Gasteiger partial charge in [0.25, 0.3) is 0 Å². The fourth-order valence-corrected chi connectivity index (χ4v) is 1.08. The highest BCUT2D eigenvalue weighted by molar-refractivity contribution is 5.92. The molecule has 0 fully saturated rings. The molecule has 0 heterocycles. The summed E-state index contributed by atoms with van der Waals surface area (Å²) in [6.07, 6.45) is 4.42. The van der Waals surface area contributed by atoms with E-state index in [9.17, 15) is 4.79 Å². The van der Waals surface area contributed by atoms with Gasteiger partial charge in [-0.3, -0.25) is 4.79 Å². The number of ketones is 1. The molecule has 0 aliphatic heterocycles. The molecule has 0 aromatic heterocycles. The van der Waals surface area contributed by atoms with Gasteiger partial charge in [-0.1, -0.05) is 26.3 Å². The van der Waals surface area contributed by atoms with Gasteiger partial charge in [-0.15, -0.1) is 0 Å². The molecule has 11 heavy (non-hydrogen) atoms. The van der Waals surface area contributed by atoms with Gasteiger partial charge >= 0.3 is 0 Å². The highest BCUT2D eigenvalue weighted by atomic mass is 16.1. The molecule has 0 N–H and O–H groups in total. The van der Waals surface area contributed by atoms with Crippen molar-refractivity contribution in [2.24, 2.45) is 5.92 Å². The summed E-state index contributed by atoms with van der Waals surface area (Å²) in [6.45, 7) is 7.81. The van der Waals surface area contributed by atoms with Gasteiger partial charge in [0.2, 0.25) is 0 Å². The molecule has 1 heteroatoms. The number of carbonyl (C=O) groups excluding carboxylic acids is 1. The zero-order valence-electron chi connectivity index (χ0n) is 7.98. The highest BCUT2D eigenvalue weighted by Gasteiger charge is 1.99. The van der Waals surface area contributed by atoms with Gasteiger partial charge in [0.15, 0.2) is 5.78 Å². The first-order chi connectivity index (χ1) is 5.07. The average molecular weight is 154 g/mol. The summed E-state index contributed by atoms with van der Waals surface area (Å²) in [7, 11) is 0. The first-order valence-corrected chi connectivity index (χ1v) is 4.27. The Bertz CT molecular complexity index is 156. The van der Waals surface area contributed by atoms with Crippen molar-refractivity contribution < 1.29 is 4.79 Å². The first-order valence-electron chi connectivity index (χ1n) is 4.27. The van der Waals surface area contributed by atoms with Crippen LogP contribution in [-0.2, 0) is 4.79 Å². The van der Waals surface area contributed by atoms with Gasteiger partial charge in [-0.25, -0.2) is 0 Å². The lowest BCUT2D eigenvalue weighted by atomic mass is 10.0. The normalized spacial score (nSPS) is 14.7. The summed E-state index contributed by atoms with van der Waals surface area (Å²) in [5.74, 6) is 0.733.